The summed E-state index contributed by atoms with van der Waals surface area (Å²) in [6, 6.07) is 17.3. The van der Waals surface area contributed by atoms with E-state index in [1.165, 1.54) is 5.56 Å². The lowest BCUT2D eigenvalue weighted by Gasteiger charge is -2.09. The highest BCUT2D eigenvalue weighted by atomic mass is 79.9. The number of halogens is 4. The van der Waals surface area contributed by atoms with E-state index in [0.717, 1.165) is 23.0 Å². The third kappa shape index (κ3) is 4.39. The van der Waals surface area contributed by atoms with Gasteiger partial charge in [0.2, 0.25) is 0 Å². The number of alkyl halides is 1. The molecule has 0 aliphatic rings. The van der Waals surface area contributed by atoms with Crippen LogP contribution in [0.2, 0.25) is 5.02 Å². The van der Waals surface area contributed by atoms with Gasteiger partial charge in [0, 0.05) is 10.9 Å². The molecule has 0 bridgehead atoms. The second-order valence-corrected chi connectivity index (χ2v) is 6.48. The zero-order chi connectivity index (χ0) is 17.8. The summed E-state index contributed by atoms with van der Waals surface area (Å²) in [6.45, 7) is 0.451. The summed E-state index contributed by atoms with van der Waals surface area (Å²) in [5.74, 6) is -1.20. The fourth-order valence-corrected chi connectivity index (χ4v) is 3.05. The first-order valence-electron chi connectivity index (χ1n) is 7.58. The minimum atomic E-state index is -0.959. The smallest absolute Gasteiger partial charge is 0.160 e. The van der Waals surface area contributed by atoms with Crippen molar-refractivity contribution in [2.45, 2.75) is 11.9 Å². The van der Waals surface area contributed by atoms with Crippen molar-refractivity contribution in [3.63, 3.8) is 0 Å². The van der Waals surface area contributed by atoms with Crippen LogP contribution in [0.1, 0.15) is 11.1 Å². The molecule has 3 aromatic carbocycles. The van der Waals surface area contributed by atoms with E-state index in [2.05, 4.69) is 22.0 Å². The van der Waals surface area contributed by atoms with E-state index in [1.54, 1.807) is 24.3 Å². The molecule has 0 aliphatic carbocycles. The van der Waals surface area contributed by atoms with Gasteiger partial charge < -0.3 is 4.74 Å². The first-order valence-corrected chi connectivity index (χ1v) is 9.08. The summed E-state index contributed by atoms with van der Waals surface area (Å²) in [5.41, 5.74) is 3.39. The van der Waals surface area contributed by atoms with Crippen LogP contribution in [0.4, 0.5) is 8.78 Å². The van der Waals surface area contributed by atoms with E-state index in [1.807, 2.05) is 18.2 Å². The van der Waals surface area contributed by atoms with Crippen LogP contribution in [-0.4, -0.2) is 0 Å². The van der Waals surface area contributed by atoms with Crippen LogP contribution in [0.5, 0.6) is 5.75 Å². The van der Waals surface area contributed by atoms with Gasteiger partial charge in [-0.25, -0.2) is 8.78 Å². The van der Waals surface area contributed by atoms with E-state index < -0.39 is 11.6 Å². The van der Waals surface area contributed by atoms with Crippen LogP contribution in [0.3, 0.4) is 0 Å². The molecule has 0 aromatic heterocycles. The summed E-state index contributed by atoms with van der Waals surface area (Å²) in [4.78, 5) is 0. The van der Waals surface area contributed by atoms with Gasteiger partial charge in [-0.05, 0) is 41.0 Å². The van der Waals surface area contributed by atoms with Crippen LogP contribution in [-0.2, 0) is 11.9 Å². The van der Waals surface area contributed by atoms with Crippen LogP contribution in [0.15, 0.2) is 60.7 Å². The normalized spacial score (nSPS) is 10.7. The Hall–Kier alpha value is -1.91. The van der Waals surface area contributed by atoms with Crippen LogP contribution in [0, 0.1) is 11.6 Å². The Kier molecular flexibility index (Phi) is 5.71. The molecule has 0 atom stereocenters. The summed E-state index contributed by atoms with van der Waals surface area (Å²) in [5, 5.41) is 0.962. The molecular formula is C20H14BrClF2O. The summed E-state index contributed by atoms with van der Waals surface area (Å²) < 4.78 is 32.4. The molecule has 0 unspecified atom stereocenters. The fourth-order valence-electron chi connectivity index (χ4n) is 2.44. The highest BCUT2D eigenvalue weighted by Crippen LogP contribution is 2.31. The van der Waals surface area contributed by atoms with Gasteiger partial charge in [-0.3, -0.25) is 0 Å². The van der Waals surface area contributed by atoms with E-state index in [0.29, 0.717) is 23.5 Å². The van der Waals surface area contributed by atoms with Gasteiger partial charge in [-0.15, -0.1) is 0 Å². The molecule has 3 rings (SSSR count). The topological polar surface area (TPSA) is 9.23 Å². The summed E-state index contributed by atoms with van der Waals surface area (Å²) in [6.07, 6.45) is 0. The van der Waals surface area contributed by atoms with Crippen molar-refractivity contribution in [3.05, 3.63) is 88.4 Å². The monoisotopic (exact) mass is 422 g/mol. The van der Waals surface area contributed by atoms with E-state index >= 15 is 0 Å². The third-order valence-electron chi connectivity index (χ3n) is 3.73. The average Bonchev–Trinajstić information content (AvgIpc) is 2.64. The highest BCUT2D eigenvalue weighted by molar-refractivity contribution is 9.08. The van der Waals surface area contributed by atoms with Gasteiger partial charge >= 0.3 is 0 Å². The van der Waals surface area contributed by atoms with Gasteiger partial charge in [0.05, 0.1) is 5.02 Å². The summed E-state index contributed by atoms with van der Waals surface area (Å²) >= 11 is 9.44. The Morgan fingerprint density at radius 2 is 1.56 bits per heavy atom. The molecule has 0 spiro atoms. The molecule has 0 heterocycles. The lowest BCUT2D eigenvalue weighted by molar-refractivity contribution is 0.306. The van der Waals surface area contributed by atoms with Gasteiger partial charge in [-0.1, -0.05) is 63.9 Å². The Labute approximate surface area is 158 Å². The maximum Gasteiger partial charge on any atom is 0.160 e. The molecule has 25 heavy (non-hydrogen) atoms. The lowest BCUT2D eigenvalue weighted by Crippen LogP contribution is -1.96. The molecule has 0 fully saturated rings. The van der Waals surface area contributed by atoms with Crippen molar-refractivity contribution >= 4 is 27.5 Å². The summed E-state index contributed by atoms with van der Waals surface area (Å²) in [7, 11) is 0. The molecule has 0 aliphatic heterocycles. The molecule has 0 amide bonds. The Morgan fingerprint density at radius 3 is 2.28 bits per heavy atom. The van der Waals surface area contributed by atoms with Gasteiger partial charge in [0.25, 0.3) is 0 Å². The van der Waals surface area contributed by atoms with E-state index in [9.17, 15) is 8.78 Å². The quantitative estimate of drug-likeness (QED) is 0.325. The molecule has 1 nitrogen and oxygen atoms in total. The molecule has 3 aromatic rings. The standard InChI is InChI=1S/C20H14BrClF2O/c21-11-13-2-1-3-14(8-13)12-25-16-6-4-15(5-7-16)17-9-19(23)20(24)10-18(17)22/h1-10H,11-12H2. The molecular weight excluding hydrogens is 410 g/mol. The van der Waals surface area contributed by atoms with Crippen molar-refractivity contribution < 1.29 is 13.5 Å². The zero-order valence-electron chi connectivity index (χ0n) is 13.1. The SMILES string of the molecule is Fc1cc(Cl)c(-c2ccc(OCc3cccc(CBr)c3)cc2)cc1F. The molecule has 5 heteroatoms. The third-order valence-corrected chi connectivity index (χ3v) is 4.69. The maximum atomic E-state index is 13.4. The second-order valence-electron chi connectivity index (χ2n) is 5.51. The molecule has 0 saturated carbocycles. The Morgan fingerprint density at radius 1 is 0.880 bits per heavy atom. The minimum Gasteiger partial charge on any atom is -0.489 e. The van der Waals surface area contributed by atoms with Crippen LogP contribution >= 0.6 is 27.5 Å². The molecule has 0 N–H and O–H groups in total. The minimum absolute atomic E-state index is 0.166. The lowest BCUT2D eigenvalue weighted by atomic mass is 10.1. The first kappa shape index (κ1) is 17.9. The predicted octanol–water partition coefficient (Wildman–Crippen LogP) is 6.76. The second kappa shape index (κ2) is 7.98. The highest BCUT2D eigenvalue weighted by Gasteiger charge is 2.10. The van der Waals surface area contributed by atoms with Crippen molar-refractivity contribution in [2.24, 2.45) is 0 Å². The van der Waals surface area contributed by atoms with Gasteiger partial charge in [0.15, 0.2) is 11.6 Å². The predicted molar refractivity (Wildman–Crippen MR) is 100 cm³/mol. The molecule has 0 saturated heterocycles. The number of hydrogen-bond donors (Lipinski definition) is 0. The van der Waals surface area contributed by atoms with Crippen LogP contribution < -0.4 is 4.74 Å². The van der Waals surface area contributed by atoms with Crippen molar-refractivity contribution in [1.82, 2.24) is 0 Å². The van der Waals surface area contributed by atoms with Gasteiger partial charge in [-0.2, -0.15) is 0 Å². The maximum absolute atomic E-state index is 13.4. The number of hydrogen-bond acceptors (Lipinski definition) is 1. The molecule has 128 valence electrons. The van der Waals surface area contributed by atoms with E-state index in [4.69, 9.17) is 16.3 Å². The molecule has 0 radical (unpaired) electrons. The van der Waals surface area contributed by atoms with E-state index in [-0.39, 0.29) is 5.02 Å². The van der Waals surface area contributed by atoms with Gasteiger partial charge in [0.1, 0.15) is 12.4 Å². The Balaban J connectivity index is 1.73. The first-order chi connectivity index (χ1) is 12.1. The average molecular weight is 424 g/mol. The number of rotatable bonds is 5. The number of ether oxygens (including phenoxy) is 1. The fraction of sp³-hybridized carbons (Fsp3) is 0.100. The van der Waals surface area contributed by atoms with Crippen molar-refractivity contribution in [1.29, 1.82) is 0 Å². The van der Waals surface area contributed by atoms with Crippen molar-refractivity contribution in [3.8, 4) is 16.9 Å². The largest absolute Gasteiger partial charge is 0.489 e. The number of benzene rings is 3. The Bertz CT molecular complexity index is 881. The van der Waals surface area contributed by atoms with Crippen LogP contribution in [0.25, 0.3) is 11.1 Å². The van der Waals surface area contributed by atoms with Crippen molar-refractivity contribution in [2.75, 3.05) is 0 Å². The zero-order valence-corrected chi connectivity index (χ0v) is 15.4.